The zero-order chi connectivity index (χ0) is 25.7. The van der Waals surface area contributed by atoms with Gasteiger partial charge in [-0.1, -0.05) is 6.07 Å². The Morgan fingerprint density at radius 3 is 1.94 bits per heavy atom. The van der Waals surface area contributed by atoms with Gasteiger partial charge >= 0.3 is 0 Å². The molecule has 1 unspecified atom stereocenters. The van der Waals surface area contributed by atoms with Crippen molar-refractivity contribution >= 4 is 0 Å². The Bertz CT molecular complexity index is 969. The average molecular weight is 497 g/mol. The van der Waals surface area contributed by atoms with Crippen LogP contribution in [0.3, 0.4) is 0 Å². The second kappa shape index (κ2) is 11.6. The summed E-state index contributed by atoms with van der Waals surface area (Å²) in [5.41, 5.74) is 1.41. The number of methoxy groups -OCH3 is 4. The Kier molecular flexibility index (Phi) is 8.87. The van der Waals surface area contributed by atoms with Crippen LogP contribution in [0.15, 0.2) is 24.3 Å². The molecule has 11 nitrogen and oxygen atoms in total. The Balaban J connectivity index is 1.90. The summed E-state index contributed by atoms with van der Waals surface area (Å²) in [6.07, 6.45) is -6.57. The molecule has 35 heavy (non-hydrogen) atoms. The maximum atomic E-state index is 10.8. The molecular formula is C24H32O11. The molecule has 0 spiro atoms. The van der Waals surface area contributed by atoms with Crippen molar-refractivity contribution < 1.29 is 54.0 Å². The number of hydrogen-bond donors (Lipinski definition) is 5. The van der Waals surface area contributed by atoms with Crippen LogP contribution < -0.4 is 23.7 Å². The van der Waals surface area contributed by atoms with Crippen LogP contribution in [0, 0.1) is 0 Å². The van der Waals surface area contributed by atoms with Crippen molar-refractivity contribution in [3.05, 3.63) is 35.4 Å². The summed E-state index contributed by atoms with van der Waals surface area (Å²) in [7, 11) is 5.94. The molecule has 2 aromatic rings. The van der Waals surface area contributed by atoms with Crippen LogP contribution in [0.25, 0.3) is 0 Å². The second-order valence-corrected chi connectivity index (χ2v) is 7.95. The molecule has 0 radical (unpaired) electrons. The molecule has 1 aliphatic rings. The molecule has 0 aliphatic carbocycles. The molecule has 0 bridgehead atoms. The molecule has 194 valence electrons. The van der Waals surface area contributed by atoms with Gasteiger partial charge in [0.25, 0.3) is 0 Å². The van der Waals surface area contributed by atoms with Crippen molar-refractivity contribution in [1.29, 1.82) is 0 Å². The number of aliphatic hydroxyl groups excluding tert-OH is 4. The average Bonchev–Trinajstić information content (AvgIpc) is 2.88. The maximum absolute atomic E-state index is 10.8. The molecule has 1 saturated heterocycles. The fourth-order valence-electron chi connectivity index (χ4n) is 3.93. The van der Waals surface area contributed by atoms with E-state index in [0.29, 0.717) is 35.7 Å². The first-order valence-corrected chi connectivity index (χ1v) is 10.9. The van der Waals surface area contributed by atoms with Gasteiger partial charge < -0.3 is 54.0 Å². The Labute approximate surface area is 203 Å². The van der Waals surface area contributed by atoms with Crippen molar-refractivity contribution in [2.24, 2.45) is 0 Å². The summed E-state index contributed by atoms with van der Waals surface area (Å²) >= 11 is 0. The number of phenols is 1. The van der Waals surface area contributed by atoms with E-state index >= 15 is 0 Å². The topological polar surface area (TPSA) is 157 Å². The minimum atomic E-state index is -1.64. The highest BCUT2D eigenvalue weighted by molar-refractivity contribution is 5.56. The third-order valence-electron chi connectivity index (χ3n) is 5.89. The molecule has 0 aromatic heterocycles. The molecule has 5 N–H and O–H groups in total. The summed E-state index contributed by atoms with van der Waals surface area (Å²) in [4.78, 5) is 0. The van der Waals surface area contributed by atoms with Gasteiger partial charge in [-0.05, 0) is 42.2 Å². The summed E-state index contributed by atoms with van der Waals surface area (Å²) in [5.74, 6) is 1.23. The van der Waals surface area contributed by atoms with E-state index in [1.165, 1.54) is 28.4 Å². The van der Waals surface area contributed by atoms with Crippen LogP contribution in [0.2, 0.25) is 0 Å². The zero-order valence-corrected chi connectivity index (χ0v) is 20.0. The van der Waals surface area contributed by atoms with Gasteiger partial charge in [-0.25, -0.2) is 0 Å². The van der Waals surface area contributed by atoms with Gasteiger partial charge in [0, 0.05) is 0 Å². The summed E-state index contributed by atoms with van der Waals surface area (Å²) in [6, 6.07) is 6.88. The van der Waals surface area contributed by atoms with Crippen molar-refractivity contribution in [3.63, 3.8) is 0 Å². The number of aromatic hydroxyl groups is 1. The molecule has 1 fully saturated rings. The minimum absolute atomic E-state index is 0.0267. The van der Waals surface area contributed by atoms with E-state index in [0.717, 1.165) is 5.56 Å². The predicted molar refractivity (Wildman–Crippen MR) is 123 cm³/mol. The van der Waals surface area contributed by atoms with Crippen LogP contribution >= 0.6 is 0 Å². The number of hydrogen-bond acceptors (Lipinski definition) is 11. The summed E-state index contributed by atoms with van der Waals surface area (Å²) < 4.78 is 32.6. The smallest absolute Gasteiger partial charge is 0.229 e. The number of ether oxygens (including phenoxy) is 6. The lowest BCUT2D eigenvalue weighted by atomic mass is 9.99. The maximum Gasteiger partial charge on any atom is 0.229 e. The lowest BCUT2D eigenvalue weighted by molar-refractivity contribution is -0.277. The van der Waals surface area contributed by atoms with E-state index in [-0.39, 0.29) is 17.2 Å². The van der Waals surface area contributed by atoms with E-state index in [1.807, 2.05) is 12.1 Å². The monoisotopic (exact) mass is 496 g/mol. The molecule has 0 saturated carbocycles. The molecule has 2 aromatic carbocycles. The fraction of sp³-hybridized carbons (Fsp3) is 0.500. The lowest BCUT2D eigenvalue weighted by Crippen LogP contribution is -2.60. The van der Waals surface area contributed by atoms with Crippen LogP contribution in [0.1, 0.15) is 11.1 Å². The predicted octanol–water partition coefficient (Wildman–Crippen LogP) is 0.390. The minimum Gasteiger partial charge on any atom is -0.502 e. The Morgan fingerprint density at radius 2 is 1.40 bits per heavy atom. The quantitative estimate of drug-likeness (QED) is 0.310. The fourth-order valence-corrected chi connectivity index (χ4v) is 3.93. The van der Waals surface area contributed by atoms with E-state index in [9.17, 15) is 25.5 Å². The van der Waals surface area contributed by atoms with Gasteiger partial charge in [-0.3, -0.25) is 0 Å². The van der Waals surface area contributed by atoms with Gasteiger partial charge in [0.1, 0.15) is 24.4 Å². The third kappa shape index (κ3) is 5.49. The largest absolute Gasteiger partial charge is 0.502 e. The van der Waals surface area contributed by atoms with Gasteiger partial charge in [-0.2, -0.15) is 0 Å². The molecule has 11 heteroatoms. The van der Waals surface area contributed by atoms with Crippen molar-refractivity contribution in [2.75, 3.05) is 35.0 Å². The molecule has 1 heterocycles. The molecule has 0 amide bonds. The van der Waals surface area contributed by atoms with Crippen molar-refractivity contribution in [2.45, 2.75) is 43.5 Å². The van der Waals surface area contributed by atoms with Gasteiger partial charge in [0.05, 0.1) is 35.0 Å². The van der Waals surface area contributed by atoms with Gasteiger partial charge in [-0.15, -0.1) is 0 Å². The molecular weight excluding hydrogens is 464 g/mol. The first-order chi connectivity index (χ1) is 16.8. The number of aliphatic hydroxyl groups is 4. The van der Waals surface area contributed by atoms with Crippen LogP contribution in [0.4, 0.5) is 0 Å². The van der Waals surface area contributed by atoms with Crippen molar-refractivity contribution in [1.82, 2.24) is 0 Å². The van der Waals surface area contributed by atoms with Crippen molar-refractivity contribution in [3.8, 4) is 34.5 Å². The molecule has 3 rings (SSSR count). The van der Waals surface area contributed by atoms with Crippen LogP contribution in [-0.2, 0) is 17.6 Å². The second-order valence-electron chi connectivity index (χ2n) is 7.95. The number of rotatable bonds is 10. The SMILES string of the molecule is COc1ccc(CCc2cc(OC)c(OC)c(OC)c2)c(OC2O[C@@H](CO)[C@H](O)[C@@H](O)[C@@H]2O)c1O. The normalized spacial score (nSPS) is 24.1. The lowest BCUT2D eigenvalue weighted by Gasteiger charge is -2.39. The highest BCUT2D eigenvalue weighted by atomic mass is 16.7. The highest BCUT2D eigenvalue weighted by Crippen LogP contribution is 2.42. The summed E-state index contributed by atoms with van der Waals surface area (Å²) in [6.45, 7) is -0.608. The van der Waals surface area contributed by atoms with Gasteiger partial charge in [0.2, 0.25) is 17.8 Å². The number of aryl methyl sites for hydroxylation is 2. The molecule has 1 aliphatic heterocycles. The van der Waals surface area contributed by atoms with E-state index in [1.54, 1.807) is 12.1 Å². The standard InChI is InChI=1S/C24H32O11/c1-30-14-8-7-13(6-5-12-9-15(31-2)23(33-4)16(10-12)32-3)22(19(14)27)35-24-21(29)20(28)18(26)17(11-25)34-24/h7-10,17-18,20-21,24-29H,5-6,11H2,1-4H3/t17-,18-,20+,21-,24?/m0/s1. The Morgan fingerprint density at radius 1 is 0.771 bits per heavy atom. The van der Waals surface area contributed by atoms with E-state index in [4.69, 9.17) is 28.4 Å². The molecule has 5 atom stereocenters. The van der Waals surface area contributed by atoms with Crippen LogP contribution in [0.5, 0.6) is 34.5 Å². The third-order valence-corrected chi connectivity index (χ3v) is 5.89. The number of benzene rings is 2. The van der Waals surface area contributed by atoms with Crippen LogP contribution in [-0.4, -0.2) is 91.3 Å². The van der Waals surface area contributed by atoms with E-state index in [2.05, 4.69) is 0 Å². The van der Waals surface area contributed by atoms with E-state index < -0.39 is 37.3 Å². The first kappa shape index (κ1) is 26.6. The first-order valence-electron chi connectivity index (χ1n) is 10.9. The summed E-state index contributed by atoms with van der Waals surface area (Å²) in [5, 5.41) is 50.7. The highest BCUT2D eigenvalue weighted by Gasteiger charge is 2.45. The zero-order valence-electron chi connectivity index (χ0n) is 20.0. The number of phenolic OH excluding ortho intramolecular Hbond substituents is 1. The Hall–Kier alpha value is -2.96. The van der Waals surface area contributed by atoms with Gasteiger partial charge in [0.15, 0.2) is 23.0 Å².